The summed E-state index contributed by atoms with van der Waals surface area (Å²) < 4.78 is 5.77. The SMILES string of the molecule is CCCCC1CCC(C(=O)NCCN2C(=O)/C(=C\c3cccc(OC)c3)SC2=S)CC1. The number of nitrogens with zero attached hydrogens (tertiary/aromatic N) is 1. The third-order valence-corrected chi connectivity index (χ3v) is 7.46. The number of thioether (sulfide) groups is 1. The van der Waals surface area contributed by atoms with Gasteiger partial charge in [-0.3, -0.25) is 14.5 Å². The van der Waals surface area contributed by atoms with E-state index in [2.05, 4.69) is 12.2 Å². The van der Waals surface area contributed by atoms with Crippen LogP contribution in [0.15, 0.2) is 29.2 Å². The van der Waals surface area contributed by atoms with Crippen LogP contribution in [0.1, 0.15) is 57.4 Å². The van der Waals surface area contributed by atoms with Crippen molar-refractivity contribution in [1.29, 1.82) is 0 Å². The molecule has 2 amide bonds. The molecule has 0 spiro atoms. The van der Waals surface area contributed by atoms with Gasteiger partial charge in [-0.25, -0.2) is 0 Å². The first kappa shape index (κ1) is 23.8. The van der Waals surface area contributed by atoms with E-state index in [1.165, 1.54) is 31.0 Å². The Kier molecular flexibility index (Phi) is 8.96. The molecule has 3 rings (SSSR count). The molecule has 0 radical (unpaired) electrons. The molecule has 1 heterocycles. The molecule has 1 aliphatic carbocycles. The molecule has 0 unspecified atom stereocenters. The van der Waals surface area contributed by atoms with Crippen LogP contribution in [-0.2, 0) is 9.59 Å². The number of benzene rings is 1. The molecule has 0 aromatic heterocycles. The maximum Gasteiger partial charge on any atom is 0.266 e. The fourth-order valence-corrected chi connectivity index (χ4v) is 5.53. The Morgan fingerprint density at radius 2 is 2.10 bits per heavy atom. The summed E-state index contributed by atoms with van der Waals surface area (Å²) >= 11 is 6.70. The number of ether oxygens (including phenoxy) is 1. The van der Waals surface area contributed by atoms with E-state index in [9.17, 15) is 9.59 Å². The van der Waals surface area contributed by atoms with Crippen LogP contribution in [0, 0.1) is 11.8 Å². The normalized spacial score (nSPS) is 22.8. The second-order valence-corrected chi connectivity index (χ2v) is 9.94. The molecule has 5 nitrogen and oxygen atoms in total. The Bertz CT molecular complexity index is 832. The Labute approximate surface area is 195 Å². The van der Waals surface area contributed by atoms with E-state index in [4.69, 9.17) is 17.0 Å². The second kappa shape index (κ2) is 11.7. The number of unbranched alkanes of at least 4 members (excludes halogenated alkanes) is 1. The molecular weight excluding hydrogens is 428 g/mol. The molecule has 1 aliphatic heterocycles. The third-order valence-electron chi connectivity index (χ3n) is 6.08. The number of nitrogens with one attached hydrogen (secondary N) is 1. The van der Waals surface area contributed by atoms with Gasteiger partial charge in [-0.15, -0.1) is 0 Å². The van der Waals surface area contributed by atoms with Gasteiger partial charge in [-0.2, -0.15) is 0 Å². The molecular formula is C24H32N2O3S2. The first-order chi connectivity index (χ1) is 15.0. The Balaban J connectivity index is 1.46. The number of rotatable bonds is 9. The molecule has 2 aliphatic rings. The third kappa shape index (κ3) is 6.56. The average molecular weight is 461 g/mol. The van der Waals surface area contributed by atoms with E-state index in [1.54, 1.807) is 12.0 Å². The van der Waals surface area contributed by atoms with Gasteiger partial charge in [0, 0.05) is 19.0 Å². The molecule has 1 saturated heterocycles. The van der Waals surface area contributed by atoms with Crippen molar-refractivity contribution in [2.45, 2.75) is 51.9 Å². The highest BCUT2D eigenvalue weighted by Crippen LogP contribution is 2.33. The van der Waals surface area contributed by atoms with E-state index in [-0.39, 0.29) is 17.7 Å². The monoisotopic (exact) mass is 460 g/mol. The topological polar surface area (TPSA) is 58.6 Å². The van der Waals surface area contributed by atoms with E-state index >= 15 is 0 Å². The summed E-state index contributed by atoms with van der Waals surface area (Å²) in [4.78, 5) is 27.5. The number of carbonyl (C=O) groups excluding carboxylic acids is 2. The van der Waals surface area contributed by atoms with Crippen LogP contribution in [0.3, 0.4) is 0 Å². The zero-order valence-electron chi connectivity index (χ0n) is 18.4. The van der Waals surface area contributed by atoms with Crippen LogP contribution < -0.4 is 10.1 Å². The zero-order valence-corrected chi connectivity index (χ0v) is 20.0. The molecule has 1 aromatic rings. The van der Waals surface area contributed by atoms with Gasteiger partial charge >= 0.3 is 0 Å². The molecule has 7 heteroatoms. The molecule has 31 heavy (non-hydrogen) atoms. The van der Waals surface area contributed by atoms with Crippen molar-refractivity contribution in [3.8, 4) is 5.75 Å². The fourth-order valence-electron chi connectivity index (χ4n) is 4.22. The van der Waals surface area contributed by atoms with Gasteiger partial charge in [0.05, 0.1) is 12.0 Å². The highest BCUT2D eigenvalue weighted by atomic mass is 32.2. The summed E-state index contributed by atoms with van der Waals surface area (Å²) in [6.07, 6.45) is 9.92. The van der Waals surface area contributed by atoms with Crippen molar-refractivity contribution in [3.05, 3.63) is 34.7 Å². The predicted molar refractivity (Wildman–Crippen MR) is 131 cm³/mol. The summed E-state index contributed by atoms with van der Waals surface area (Å²) in [5.74, 6) is 1.65. The Hall–Kier alpha value is -1.86. The van der Waals surface area contributed by atoms with Gasteiger partial charge in [0.25, 0.3) is 5.91 Å². The van der Waals surface area contributed by atoms with Crippen LogP contribution in [-0.4, -0.2) is 41.2 Å². The molecule has 0 bridgehead atoms. The standard InChI is InChI=1S/C24H32N2O3S2/c1-3-4-6-17-9-11-19(12-10-17)22(27)25-13-14-26-23(28)21(31-24(26)30)16-18-7-5-8-20(15-18)29-2/h5,7-8,15-17,19H,3-4,6,9-14H2,1-2H3,(H,25,27)/b21-16+. The van der Waals surface area contributed by atoms with E-state index in [1.807, 2.05) is 30.3 Å². The largest absolute Gasteiger partial charge is 0.497 e. The van der Waals surface area contributed by atoms with Crippen LogP contribution in [0.4, 0.5) is 0 Å². The van der Waals surface area contributed by atoms with Gasteiger partial charge in [0.1, 0.15) is 10.1 Å². The van der Waals surface area contributed by atoms with Crippen LogP contribution in [0.25, 0.3) is 6.08 Å². The summed E-state index contributed by atoms with van der Waals surface area (Å²) in [7, 11) is 1.62. The van der Waals surface area contributed by atoms with Gasteiger partial charge < -0.3 is 10.1 Å². The summed E-state index contributed by atoms with van der Waals surface area (Å²) in [6, 6.07) is 7.55. The molecule has 1 N–H and O–H groups in total. The van der Waals surface area contributed by atoms with Gasteiger partial charge in [-0.05, 0) is 55.4 Å². The quantitative estimate of drug-likeness (QED) is 0.415. The van der Waals surface area contributed by atoms with E-state index in [0.717, 1.165) is 42.9 Å². The number of hydrogen-bond donors (Lipinski definition) is 1. The molecule has 0 atom stereocenters. The number of amides is 2. The maximum absolute atomic E-state index is 12.8. The zero-order chi connectivity index (χ0) is 22.2. The number of thiocarbonyl (C=S) groups is 1. The average Bonchev–Trinajstić information content (AvgIpc) is 3.05. The van der Waals surface area contributed by atoms with Crippen LogP contribution in [0.2, 0.25) is 0 Å². The van der Waals surface area contributed by atoms with Gasteiger partial charge in [0.15, 0.2) is 0 Å². The molecule has 1 saturated carbocycles. The lowest BCUT2D eigenvalue weighted by Crippen LogP contribution is -2.40. The highest BCUT2D eigenvalue weighted by Gasteiger charge is 2.32. The number of hydrogen-bond acceptors (Lipinski definition) is 5. The minimum Gasteiger partial charge on any atom is -0.497 e. The first-order valence-corrected chi connectivity index (χ1v) is 12.4. The van der Waals surface area contributed by atoms with Crippen molar-refractivity contribution in [3.63, 3.8) is 0 Å². The van der Waals surface area contributed by atoms with Crippen LogP contribution in [0.5, 0.6) is 5.75 Å². The number of carbonyl (C=O) groups is 2. The predicted octanol–water partition coefficient (Wildman–Crippen LogP) is 5.01. The molecule has 1 aromatic carbocycles. The summed E-state index contributed by atoms with van der Waals surface area (Å²) in [5.41, 5.74) is 0.891. The van der Waals surface area contributed by atoms with Crippen molar-refractivity contribution < 1.29 is 14.3 Å². The van der Waals surface area contributed by atoms with Crippen molar-refractivity contribution in [1.82, 2.24) is 10.2 Å². The van der Waals surface area contributed by atoms with E-state index < -0.39 is 0 Å². The summed E-state index contributed by atoms with van der Waals surface area (Å²) in [6.45, 7) is 3.05. The van der Waals surface area contributed by atoms with Gasteiger partial charge in [-0.1, -0.05) is 62.3 Å². The van der Waals surface area contributed by atoms with Crippen molar-refractivity contribution >= 4 is 46.2 Å². The van der Waals surface area contributed by atoms with E-state index in [0.29, 0.717) is 22.3 Å². The lowest BCUT2D eigenvalue weighted by atomic mass is 9.79. The lowest BCUT2D eigenvalue weighted by molar-refractivity contribution is -0.127. The van der Waals surface area contributed by atoms with Crippen molar-refractivity contribution in [2.75, 3.05) is 20.2 Å². The molecule has 168 valence electrons. The Morgan fingerprint density at radius 1 is 1.32 bits per heavy atom. The first-order valence-electron chi connectivity index (χ1n) is 11.2. The smallest absolute Gasteiger partial charge is 0.266 e. The van der Waals surface area contributed by atoms with Crippen LogP contribution >= 0.6 is 24.0 Å². The van der Waals surface area contributed by atoms with Crippen molar-refractivity contribution in [2.24, 2.45) is 11.8 Å². The minimum atomic E-state index is -0.108. The minimum absolute atomic E-state index is 0.108. The second-order valence-electron chi connectivity index (χ2n) is 8.26. The Morgan fingerprint density at radius 3 is 2.81 bits per heavy atom. The fraction of sp³-hybridized carbons (Fsp3) is 0.542. The maximum atomic E-state index is 12.8. The van der Waals surface area contributed by atoms with Gasteiger partial charge in [0.2, 0.25) is 5.91 Å². The number of methoxy groups -OCH3 is 1. The lowest BCUT2D eigenvalue weighted by Gasteiger charge is -2.28. The molecule has 2 fully saturated rings. The summed E-state index contributed by atoms with van der Waals surface area (Å²) in [5, 5.41) is 3.02. The highest BCUT2D eigenvalue weighted by molar-refractivity contribution is 8.26.